The first-order valence-electron chi connectivity index (χ1n) is 7.42. The number of amides is 1. The van der Waals surface area contributed by atoms with E-state index in [1.165, 1.54) is 43.0 Å². The van der Waals surface area contributed by atoms with Gasteiger partial charge >= 0.3 is 5.97 Å². The zero-order valence-corrected chi connectivity index (χ0v) is 13.0. The van der Waals surface area contributed by atoms with Crippen LogP contribution in [-0.4, -0.2) is 33.7 Å². The first-order valence-corrected chi connectivity index (χ1v) is 7.42. The number of ketones is 1. The SMILES string of the molecule is NC(=O)C1CC=C(C(=O)c2cncc(C(=O)Oc3ccncc3)c2)N1. The topological polar surface area (TPSA) is 124 Å². The number of rotatable bonds is 5. The van der Waals surface area contributed by atoms with Crippen LogP contribution >= 0.6 is 0 Å². The Kier molecular flexibility index (Phi) is 4.51. The average Bonchev–Trinajstić information content (AvgIpc) is 3.12. The molecule has 1 aliphatic heterocycles. The Hall–Kier alpha value is -3.55. The lowest BCUT2D eigenvalue weighted by molar-refractivity contribution is -0.119. The van der Waals surface area contributed by atoms with Crippen LogP contribution in [0.15, 0.2) is 54.8 Å². The molecule has 0 spiro atoms. The van der Waals surface area contributed by atoms with Gasteiger partial charge in [-0.1, -0.05) is 6.08 Å². The Morgan fingerprint density at radius 3 is 2.52 bits per heavy atom. The summed E-state index contributed by atoms with van der Waals surface area (Å²) in [7, 11) is 0. The number of hydrogen-bond donors (Lipinski definition) is 2. The third-order valence-electron chi connectivity index (χ3n) is 3.57. The minimum atomic E-state index is -0.642. The lowest BCUT2D eigenvalue weighted by Crippen LogP contribution is -2.38. The van der Waals surface area contributed by atoms with Gasteiger partial charge in [0.05, 0.1) is 11.3 Å². The third kappa shape index (κ3) is 3.69. The van der Waals surface area contributed by atoms with Gasteiger partial charge in [0.1, 0.15) is 11.8 Å². The Bertz CT molecular complexity index is 864. The molecule has 0 saturated carbocycles. The number of nitrogens with two attached hydrogens (primary N) is 1. The predicted octanol–water partition coefficient (Wildman–Crippen LogP) is 0.610. The molecule has 1 atom stereocenters. The Balaban J connectivity index is 1.74. The van der Waals surface area contributed by atoms with Crippen molar-refractivity contribution < 1.29 is 19.1 Å². The van der Waals surface area contributed by atoms with Crippen molar-refractivity contribution in [3.63, 3.8) is 0 Å². The van der Waals surface area contributed by atoms with E-state index < -0.39 is 17.9 Å². The van der Waals surface area contributed by atoms with Crippen LogP contribution in [0, 0.1) is 0 Å². The van der Waals surface area contributed by atoms with Crippen LogP contribution in [-0.2, 0) is 4.79 Å². The fraction of sp³-hybridized carbons (Fsp3) is 0.118. The van der Waals surface area contributed by atoms with E-state index in [-0.39, 0.29) is 22.6 Å². The molecule has 1 amide bonds. The number of aromatic nitrogens is 2. The molecule has 0 saturated heterocycles. The summed E-state index contributed by atoms with van der Waals surface area (Å²) in [5.41, 5.74) is 5.80. The maximum Gasteiger partial charge on any atom is 0.345 e. The third-order valence-corrected chi connectivity index (χ3v) is 3.57. The van der Waals surface area contributed by atoms with Crippen LogP contribution in [0.1, 0.15) is 27.1 Å². The summed E-state index contributed by atoms with van der Waals surface area (Å²) in [6.07, 6.45) is 7.57. The van der Waals surface area contributed by atoms with E-state index in [4.69, 9.17) is 10.5 Å². The van der Waals surface area contributed by atoms with Gasteiger partial charge in [-0.05, 0) is 24.6 Å². The summed E-state index contributed by atoms with van der Waals surface area (Å²) >= 11 is 0. The summed E-state index contributed by atoms with van der Waals surface area (Å²) in [4.78, 5) is 43.5. The van der Waals surface area contributed by atoms with E-state index >= 15 is 0 Å². The number of allylic oxidation sites excluding steroid dienone is 1. The van der Waals surface area contributed by atoms with Crippen molar-refractivity contribution in [1.29, 1.82) is 0 Å². The molecule has 0 bridgehead atoms. The molecular weight excluding hydrogens is 324 g/mol. The van der Waals surface area contributed by atoms with Crippen molar-refractivity contribution in [1.82, 2.24) is 15.3 Å². The van der Waals surface area contributed by atoms with Crippen molar-refractivity contribution in [3.05, 3.63) is 65.9 Å². The second-order valence-corrected chi connectivity index (χ2v) is 5.32. The molecule has 25 heavy (non-hydrogen) atoms. The lowest BCUT2D eigenvalue weighted by atomic mass is 10.1. The van der Waals surface area contributed by atoms with E-state index in [1.54, 1.807) is 6.08 Å². The summed E-state index contributed by atoms with van der Waals surface area (Å²) < 4.78 is 5.19. The number of Topliss-reactive ketones (excluding diaryl/α,β-unsaturated/α-hetero) is 1. The Labute approximate surface area is 142 Å². The molecule has 0 fully saturated rings. The number of pyridine rings is 2. The maximum atomic E-state index is 12.5. The average molecular weight is 338 g/mol. The number of hydrogen-bond acceptors (Lipinski definition) is 7. The van der Waals surface area contributed by atoms with Crippen LogP contribution in [0.5, 0.6) is 5.75 Å². The van der Waals surface area contributed by atoms with Gasteiger partial charge in [-0.3, -0.25) is 19.6 Å². The molecule has 0 aliphatic carbocycles. The monoisotopic (exact) mass is 338 g/mol. The highest BCUT2D eigenvalue weighted by Gasteiger charge is 2.25. The number of carbonyl (C=O) groups is 3. The second kappa shape index (κ2) is 6.91. The van der Waals surface area contributed by atoms with Crippen LogP contribution in [0.25, 0.3) is 0 Å². The van der Waals surface area contributed by atoms with Crippen LogP contribution < -0.4 is 15.8 Å². The van der Waals surface area contributed by atoms with Crippen molar-refractivity contribution in [2.45, 2.75) is 12.5 Å². The quantitative estimate of drug-likeness (QED) is 0.604. The first-order chi connectivity index (χ1) is 12.0. The van der Waals surface area contributed by atoms with Crippen molar-refractivity contribution >= 4 is 17.7 Å². The van der Waals surface area contributed by atoms with E-state index in [2.05, 4.69) is 15.3 Å². The highest BCUT2D eigenvalue weighted by Crippen LogP contribution is 2.16. The zero-order chi connectivity index (χ0) is 17.8. The van der Waals surface area contributed by atoms with E-state index in [9.17, 15) is 14.4 Å². The van der Waals surface area contributed by atoms with E-state index in [1.807, 2.05) is 0 Å². The van der Waals surface area contributed by atoms with Crippen LogP contribution in [0.2, 0.25) is 0 Å². The number of esters is 1. The van der Waals surface area contributed by atoms with Gasteiger partial charge in [-0.15, -0.1) is 0 Å². The number of carbonyl (C=O) groups excluding carboxylic acids is 3. The van der Waals surface area contributed by atoms with Crippen molar-refractivity contribution in [2.75, 3.05) is 0 Å². The van der Waals surface area contributed by atoms with Crippen LogP contribution in [0.3, 0.4) is 0 Å². The molecule has 0 radical (unpaired) electrons. The molecule has 1 aliphatic rings. The zero-order valence-electron chi connectivity index (χ0n) is 13.0. The maximum absolute atomic E-state index is 12.5. The van der Waals surface area contributed by atoms with Crippen molar-refractivity contribution in [3.8, 4) is 5.75 Å². The van der Waals surface area contributed by atoms with Crippen molar-refractivity contribution in [2.24, 2.45) is 5.73 Å². The molecular formula is C17H14N4O4. The fourth-order valence-corrected chi connectivity index (χ4v) is 2.29. The molecule has 0 aromatic carbocycles. The molecule has 8 nitrogen and oxygen atoms in total. The number of primary amides is 1. The van der Waals surface area contributed by atoms with Gasteiger partial charge < -0.3 is 15.8 Å². The summed E-state index contributed by atoms with van der Waals surface area (Å²) in [5, 5.41) is 2.76. The molecule has 1 unspecified atom stereocenters. The Morgan fingerprint density at radius 2 is 1.84 bits per heavy atom. The van der Waals surface area contributed by atoms with Gasteiger partial charge in [0.25, 0.3) is 0 Å². The molecule has 2 aromatic heterocycles. The number of nitrogens with one attached hydrogen (secondary N) is 1. The second-order valence-electron chi connectivity index (χ2n) is 5.32. The highest BCUT2D eigenvalue weighted by atomic mass is 16.5. The van der Waals surface area contributed by atoms with Gasteiger partial charge in [0.2, 0.25) is 11.7 Å². The van der Waals surface area contributed by atoms with E-state index in [0.717, 1.165) is 0 Å². The fourth-order valence-electron chi connectivity index (χ4n) is 2.29. The lowest BCUT2D eigenvalue weighted by Gasteiger charge is -2.09. The molecule has 8 heteroatoms. The standard InChI is InChI=1S/C17H14N4O4/c18-16(23)14-2-1-13(21-14)15(22)10-7-11(9-20-8-10)17(24)25-12-3-5-19-6-4-12/h1,3-9,14,21H,2H2,(H2,18,23). The minimum absolute atomic E-state index is 0.132. The summed E-state index contributed by atoms with van der Waals surface area (Å²) in [5.74, 6) is -1.22. The predicted molar refractivity (Wildman–Crippen MR) is 86.6 cm³/mol. The Morgan fingerprint density at radius 1 is 1.12 bits per heavy atom. The summed E-state index contributed by atoms with van der Waals surface area (Å²) in [6.45, 7) is 0. The normalized spacial score (nSPS) is 15.8. The molecule has 2 aromatic rings. The van der Waals surface area contributed by atoms with Gasteiger partial charge in [-0.2, -0.15) is 0 Å². The van der Waals surface area contributed by atoms with Gasteiger partial charge in [-0.25, -0.2) is 4.79 Å². The van der Waals surface area contributed by atoms with Crippen LogP contribution in [0.4, 0.5) is 0 Å². The van der Waals surface area contributed by atoms with Gasteiger partial charge in [0.15, 0.2) is 0 Å². The van der Waals surface area contributed by atoms with E-state index in [0.29, 0.717) is 12.2 Å². The molecule has 3 heterocycles. The first kappa shape index (κ1) is 16.3. The number of nitrogens with zero attached hydrogens (tertiary/aromatic N) is 2. The highest BCUT2D eigenvalue weighted by molar-refractivity contribution is 6.10. The number of ether oxygens (including phenoxy) is 1. The molecule has 3 rings (SSSR count). The molecule has 3 N–H and O–H groups in total. The van der Waals surface area contributed by atoms with Gasteiger partial charge in [0, 0.05) is 30.4 Å². The molecule has 126 valence electrons. The minimum Gasteiger partial charge on any atom is -0.423 e. The largest absolute Gasteiger partial charge is 0.423 e. The smallest absolute Gasteiger partial charge is 0.345 e. The summed E-state index contributed by atoms with van der Waals surface area (Å²) in [6, 6.07) is 3.86.